The van der Waals surface area contributed by atoms with E-state index in [0.29, 0.717) is 0 Å². The van der Waals surface area contributed by atoms with Gasteiger partial charge in [-0.25, -0.2) is 14.8 Å². The number of likely N-dealkylation sites (N-methyl/N-ethyl adjacent to an activating group) is 1. The number of nitrogens with one attached hydrogen (secondary N) is 3. The van der Waals surface area contributed by atoms with Crippen molar-refractivity contribution in [2.45, 2.75) is 25.7 Å². The van der Waals surface area contributed by atoms with Crippen molar-refractivity contribution >= 4 is 33.5 Å². The molecule has 0 saturated carbocycles. The predicted octanol–water partition coefficient (Wildman–Crippen LogP) is 3.94. The molecule has 3 heterocycles. The van der Waals surface area contributed by atoms with Crippen molar-refractivity contribution in [2.75, 3.05) is 38.5 Å². The second-order valence-corrected chi connectivity index (χ2v) is 9.35. The van der Waals surface area contributed by atoms with Gasteiger partial charge in [0.15, 0.2) is 0 Å². The first-order valence-electron chi connectivity index (χ1n) is 12.0. The van der Waals surface area contributed by atoms with Crippen molar-refractivity contribution < 1.29 is 4.79 Å². The van der Waals surface area contributed by atoms with E-state index >= 15 is 0 Å². The number of urea groups is 1. The molecule has 8 heteroatoms. The lowest BCUT2D eigenvalue weighted by atomic mass is 9.85. The summed E-state index contributed by atoms with van der Waals surface area (Å²) in [6.45, 7) is 3.55. The Morgan fingerprint density at radius 2 is 1.74 bits per heavy atom. The van der Waals surface area contributed by atoms with E-state index in [1.807, 2.05) is 23.3 Å². The second kappa shape index (κ2) is 8.70. The Bertz CT molecular complexity index is 1350. The molecule has 0 unspecified atom stereocenters. The van der Waals surface area contributed by atoms with Gasteiger partial charge < -0.3 is 10.2 Å². The van der Waals surface area contributed by atoms with Crippen molar-refractivity contribution in [3.8, 4) is 11.3 Å². The first-order chi connectivity index (χ1) is 16.7. The molecule has 0 atom stereocenters. The second-order valence-electron chi connectivity index (χ2n) is 9.35. The highest BCUT2D eigenvalue weighted by molar-refractivity contribution is 6.07. The maximum atomic E-state index is 12.4. The number of aryl methyl sites for hydroxylation is 1. The highest BCUT2D eigenvalue weighted by Gasteiger charge is 2.21. The minimum absolute atomic E-state index is 0.206. The van der Waals surface area contributed by atoms with Crippen molar-refractivity contribution in [3.63, 3.8) is 0 Å². The largest absolute Gasteiger partial charge is 0.333 e. The quantitative estimate of drug-likeness (QED) is 0.435. The Hall–Kier alpha value is -3.49. The van der Waals surface area contributed by atoms with Crippen LogP contribution in [-0.4, -0.2) is 64.3 Å². The van der Waals surface area contributed by atoms with Crippen LogP contribution in [0, 0.1) is 0 Å². The summed E-state index contributed by atoms with van der Waals surface area (Å²) in [5.74, 6) is 0. The average molecular weight is 456 g/mol. The van der Waals surface area contributed by atoms with Crippen molar-refractivity contribution in [3.05, 3.63) is 53.7 Å². The number of benzene rings is 2. The first-order valence-corrected chi connectivity index (χ1v) is 12.0. The molecule has 1 aliphatic heterocycles. The Balaban J connectivity index is 1.27. The minimum atomic E-state index is -0.206. The summed E-state index contributed by atoms with van der Waals surface area (Å²) in [5, 5.41) is 14.7. The number of hydrogen-bond acceptors (Lipinski definition) is 5. The van der Waals surface area contributed by atoms with Crippen LogP contribution in [0.3, 0.4) is 0 Å². The van der Waals surface area contributed by atoms with Crippen LogP contribution in [0.15, 0.2) is 42.6 Å². The summed E-state index contributed by atoms with van der Waals surface area (Å²) >= 11 is 0. The lowest BCUT2D eigenvalue weighted by Gasteiger charge is -2.32. The van der Waals surface area contributed by atoms with Gasteiger partial charge in [-0.2, -0.15) is 5.10 Å². The molecular formula is C26H29N7O. The molecule has 2 aromatic carbocycles. The molecule has 1 aliphatic carbocycles. The number of carbonyl (C=O) groups is 1. The van der Waals surface area contributed by atoms with Gasteiger partial charge in [0.25, 0.3) is 0 Å². The Morgan fingerprint density at radius 1 is 0.971 bits per heavy atom. The highest BCUT2D eigenvalue weighted by atomic mass is 16.2. The lowest BCUT2D eigenvalue weighted by Crippen LogP contribution is -2.53. The van der Waals surface area contributed by atoms with E-state index < -0.39 is 0 Å². The number of H-pyrrole nitrogens is 1. The number of piperazine rings is 1. The van der Waals surface area contributed by atoms with Gasteiger partial charge in [-0.15, -0.1) is 0 Å². The van der Waals surface area contributed by atoms with Crippen molar-refractivity contribution in [1.29, 1.82) is 0 Å². The monoisotopic (exact) mass is 455 g/mol. The number of hydrogen-bond donors (Lipinski definition) is 3. The highest BCUT2D eigenvalue weighted by Crippen LogP contribution is 2.37. The van der Waals surface area contributed by atoms with E-state index in [9.17, 15) is 4.79 Å². The summed E-state index contributed by atoms with van der Waals surface area (Å²) in [6, 6.07) is 12.0. The molecule has 3 N–H and O–H groups in total. The third kappa shape index (κ3) is 3.89. The van der Waals surface area contributed by atoms with Crippen LogP contribution in [0.1, 0.15) is 24.0 Å². The maximum absolute atomic E-state index is 12.4. The molecular weight excluding hydrogens is 426 g/mol. The van der Waals surface area contributed by atoms with Crippen LogP contribution in [0.2, 0.25) is 0 Å². The van der Waals surface area contributed by atoms with Gasteiger partial charge in [0, 0.05) is 48.2 Å². The fraction of sp³-hybridized carbons (Fsp3) is 0.346. The van der Waals surface area contributed by atoms with Crippen LogP contribution in [0.4, 0.5) is 10.5 Å². The summed E-state index contributed by atoms with van der Waals surface area (Å²) in [7, 11) is 2.10. The topological polar surface area (TPSA) is 89.2 Å². The first kappa shape index (κ1) is 21.1. The van der Waals surface area contributed by atoms with E-state index in [1.54, 1.807) is 0 Å². The number of anilines is 1. The number of aromatic nitrogens is 3. The number of nitrogens with zero attached hydrogens (tertiary/aromatic N) is 4. The molecule has 8 nitrogen and oxygen atoms in total. The summed E-state index contributed by atoms with van der Waals surface area (Å²) in [4.78, 5) is 19.8. The molecule has 2 amide bonds. The Kier molecular flexibility index (Phi) is 5.39. The summed E-state index contributed by atoms with van der Waals surface area (Å²) < 4.78 is 0. The molecule has 34 heavy (non-hydrogen) atoms. The van der Waals surface area contributed by atoms with Gasteiger partial charge in [-0.1, -0.05) is 12.1 Å². The third-order valence-corrected chi connectivity index (χ3v) is 7.07. The van der Waals surface area contributed by atoms with Crippen LogP contribution in [-0.2, 0) is 12.8 Å². The molecule has 0 bridgehead atoms. The number of pyridine rings is 1. The molecule has 0 spiro atoms. The van der Waals surface area contributed by atoms with E-state index in [0.717, 1.165) is 72.4 Å². The smallest absolute Gasteiger partial charge is 0.307 e. The van der Waals surface area contributed by atoms with Crippen molar-refractivity contribution in [2.24, 2.45) is 0 Å². The number of aromatic amines is 1. The van der Waals surface area contributed by atoms with E-state index in [2.05, 4.69) is 57.2 Å². The molecule has 2 aromatic heterocycles. The molecule has 6 rings (SSSR count). The molecule has 1 saturated heterocycles. The zero-order valence-corrected chi connectivity index (χ0v) is 19.4. The zero-order chi connectivity index (χ0) is 23.1. The van der Waals surface area contributed by atoms with Crippen LogP contribution >= 0.6 is 0 Å². The standard InChI is InChI=1S/C26H29N7O/c1-32-12-14-33(15-13-32)31-26(34)28-18-8-6-17(7-9-18)25-20-5-3-2-4-19(20)24-21-16-27-30-22(21)10-11-23(24)29-25/h6-11,16H,2-5,12-15H2,1H3,(H,27,30)(H2,28,31,34). The SMILES string of the molecule is CN1CCN(NC(=O)Nc2ccc(-c3nc4ccc5[nH]ncc5c4c4c3CCCC4)cc2)CC1. The van der Waals surface area contributed by atoms with Crippen LogP contribution in [0.5, 0.6) is 0 Å². The minimum Gasteiger partial charge on any atom is -0.307 e. The van der Waals surface area contributed by atoms with Gasteiger partial charge in [0.2, 0.25) is 0 Å². The average Bonchev–Trinajstić information content (AvgIpc) is 3.34. The van der Waals surface area contributed by atoms with Gasteiger partial charge in [0.05, 0.1) is 22.9 Å². The number of hydrazine groups is 1. The molecule has 4 aromatic rings. The summed E-state index contributed by atoms with van der Waals surface area (Å²) in [6.07, 6.45) is 6.40. The third-order valence-electron chi connectivity index (χ3n) is 7.07. The fourth-order valence-corrected chi connectivity index (χ4v) is 5.22. The van der Waals surface area contributed by atoms with Crippen LogP contribution in [0.25, 0.3) is 33.1 Å². The van der Waals surface area contributed by atoms with Gasteiger partial charge in [-0.3, -0.25) is 10.5 Å². The molecule has 2 aliphatic rings. The molecule has 1 fully saturated rings. The van der Waals surface area contributed by atoms with Crippen molar-refractivity contribution in [1.82, 2.24) is 30.5 Å². The lowest BCUT2D eigenvalue weighted by molar-refractivity contribution is 0.116. The van der Waals surface area contributed by atoms with Gasteiger partial charge in [-0.05, 0) is 68.1 Å². The predicted molar refractivity (Wildman–Crippen MR) is 135 cm³/mol. The fourth-order valence-electron chi connectivity index (χ4n) is 5.22. The zero-order valence-electron chi connectivity index (χ0n) is 19.4. The number of carbonyl (C=O) groups excluding carboxylic acids is 1. The van der Waals surface area contributed by atoms with E-state index in [-0.39, 0.29) is 6.03 Å². The number of fused-ring (bicyclic) bond motifs is 5. The van der Waals surface area contributed by atoms with Gasteiger partial charge >= 0.3 is 6.03 Å². The van der Waals surface area contributed by atoms with Gasteiger partial charge in [0.1, 0.15) is 0 Å². The Morgan fingerprint density at radius 3 is 2.53 bits per heavy atom. The van der Waals surface area contributed by atoms with Crippen LogP contribution < -0.4 is 10.7 Å². The number of rotatable bonds is 3. The summed E-state index contributed by atoms with van der Waals surface area (Å²) in [5.41, 5.74) is 10.7. The Labute approximate surface area is 198 Å². The van der Waals surface area contributed by atoms with E-state index in [4.69, 9.17) is 4.98 Å². The maximum Gasteiger partial charge on any atom is 0.333 e. The normalized spacial score (nSPS) is 17.1. The molecule has 174 valence electrons. The number of amides is 2. The van der Waals surface area contributed by atoms with E-state index in [1.165, 1.54) is 29.4 Å². The molecule has 0 radical (unpaired) electrons.